The van der Waals surface area contributed by atoms with E-state index in [1.165, 1.54) is 4.90 Å². The monoisotopic (exact) mass is 369 g/mol. The van der Waals surface area contributed by atoms with E-state index >= 15 is 0 Å². The largest absolute Gasteiger partial charge is 0.488 e. The summed E-state index contributed by atoms with van der Waals surface area (Å²) in [6, 6.07) is 15.3. The molecule has 0 aliphatic carbocycles. The molecule has 0 spiro atoms. The van der Waals surface area contributed by atoms with Crippen LogP contribution in [0.15, 0.2) is 48.5 Å². The zero-order valence-corrected chi connectivity index (χ0v) is 16.3. The number of benzene rings is 2. The summed E-state index contributed by atoms with van der Waals surface area (Å²) in [5.74, 6) is 1.35. The Balaban J connectivity index is 1.95. The zero-order valence-electron chi connectivity index (χ0n) is 16.3. The van der Waals surface area contributed by atoms with Crippen LogP contribution < -0.4 is 9.47 Å². The number of ether oxygens (including phenoxy) is 2. The summed E-state index contributed by atoms with van der Waals surface area (Å²) in [5, 5.41) is 9.77. The molecule has 2 atom stereocenters. The third kappa shape index (κ3) is 4.18. The number of hydrogen-bond acceptors (Lipinski definition) is 3. The molecule has 1 aliphatic rings. The van der Waals surface area contributed by atoms with Gasteiger partial charge in [0, 0.05) is 5.41 Å². The molecule has 0 aromatic heterocycles. The van der Waals surface area contributed by atoms with Crippen LogP contribution in [0.1, 0.15) is 38.8 Å². The molecule has 27 heavy (non-hydrogen) atoms. The van der Waals surface area contributed by atoms with E-state index in [0.29, 0.717) is 18.1 Å². The molecule has 5 nitrogen and oxygen atoms in total. The summed E-state index contributed by atoms with van der Waals surface area (Å²) < 4.78 is 12.4. The Morgan fingerprint density at radius 3 is 2.52 bits per heavy atom. The Hall–Kier alpha value is -2.69. The fourth-order valence-corrected chi connectivity index (χ4v) is 3.54. The molecule has 1 aliphatic heterocycles. The van der Waals surface area contributed by atoms with Gasteiger partial charge in [-0.05, 0) is 24.6 Å². The van der Waals surface area contributed by atoms with E-state index in [0.717, 1.165) is 11.1 Å². The van der Waals surface area contributed by atoms with Gasteiger partial charge in [0.15, 0.2) is 0 Å². The maximum atomic E-state index is 11.9. The van der Waals surface area contributed by atoms with Gasteiger partial charge in [0.2, 0.25) is 0 Å². The first-order chi connectivity index (χ1) is 12.8. The van der Waals surface area contributed by atoms with Crippen LogP contribution in [0.5, 0.6) is 11.5 Å². The van der Waals surface area contributed by atoms with Crippen molar-refractivity contribution < 1.29 is 19.4 Å². The highest BCUT2D eigenvalue weighted by molar-refractivity contribution is 5.66. The maximum absolute atomic E-state index is 11.9. The minimum Gasteiger partial charge on any atom is -0.488 e. The first-order valence-electron chi connectivity index (χ1n) is 9.22. The minimum atomic E-state index is -0.953. The van der Waals surface area contributed by atoms with Gasteiger partial charge >= 0.3 is 6.09 Å². The van der Waals surface area contributed by atoms with Gasteiger partial charge in [-0.25, -0.2) is 4.79 Å². The first kappa shape index (κ1) is 19.1. The van der Waals surface area contributed by atoms with Crippen LogP contribution >= 0.6 is 0 Å². The second-order valence-corrected chi connectivity index (χ2v) is 8.06. The molecular formula is C22H27NO4. The Morgan fingerprint density at radius 1 is 1.19 bits per heavy atom. The predicted octanol–water partition coefficient (Wildman–Crippen LogP) is 4.94. The number of nitrogens with zero attached hydrogens (tertiary/aromatic N) is 1. The molecule has 1 N–H and O–H groups in total. The normalized spacial score (nSPS) is 19.6. The van der Waals surface area contributed by atoms with Crippen molar-refractivity contribution in [3.8, 4) is 11.5 Å². The van der Waals surface area contributed by atoms with Gasteiger partial charge in [-0.2, -0.15) is 0 Å². The summed E-state index contributed by atoms with van der Waals surface area (Å²) in [6.07, 6.45) is -1.22. The third-order valence-corrected chi connectivity index (χ3v) is 4.94. The highest BCUT2D eigenvalue weighted by Gasteiger charge is 2.40. The molecule has 3 rings (SSSR count). The highest BCUT2D eigenvalue weighted by Crippen LogP contribution is 2.39. The molecule has 5 heteroatoms. The second-order valence-electron chi connectivity index (χ2n) is 8.06. The number of fused-ring (bicyclic) bond motifs is 1. The number of rotatable bonds is 3. The van der Waals surface area contributed by atoms with Gasteiger partial charge in [-0.3, -0.25) is 4.90 Å². The molecule has 0 radical (unpaired) electrons. The fraction of sp³-hybridized carbons (Fsp3) is 0.409. The zero-order chi connectivity index (χ0) is 19.6. The van der Waals surface area contributed by atoms with Crippen molar-refractivity contribution in [1.82, 2.24) is 4.90 Å². The van der Waals surface area contributed by atoms with Crippen LogP contribution in [0.4, 0.5) is 4.79 Å². The average molecular weight is 369 g/mol. The van der Waals surface area contributed by atoms with E-state index in [1.54, 1.807) is 0 Å². The molecule has 0 saturated heterocycles. The highest BCUT2D eigenvalue weighted by atomic mass is 16.5. The van der Waals surface area contributed by atoms with Crippen molar-refractivity contribution in [3.05, 3.63) is 59.7 Å². The predicted molar refractivity (Wildman–Crippen MR) is 104 cm³/mol. The van der Waals surface area contributed by atoms with Crippen molar-refractivity contribution >= 4 is 6.09 Å². The maximum Gasteiger partial charge on any atom is 0.407 e. The molecule has 2 aromatic carbocycles. The lowest BCUT2D eigenvalue weighted by molar-refractivity contribution is 0.0182. The lowest BCUT2D eigenvalue weighted by Crippen LogP contribution is -2.50. The van der Waals surface area contributed by atoms with Gasteiger partial charge < -0.3 is 14.6 Å². The standard InChI is InChI=1S/C22H27NO4/c1-15-20(22(2,3)4)27-19-12-8-11-18(17(19)13-23(15)21(24)25)26-14-16-9-6-5-7-10-16/h5-12,15,20H,13-14H2,1-4H3,(H,24,25). The van der Waals surface area contributed by atoms with Crippen LogP contribution in [-0.2, 0) is 13.2 Å². The fourth-order valence-electron chi connectivity index (χ4n) is 3.54. The molecule has 2 aromatic rings. The van der Waals surface area contributed by atoms with Gasteiger partial charge in [-0.15, -0.1) is 0 Å². The number of carboxylic acid groups (broad SMARTS) is 1. The van der Waals surface area contributed by atoms with E-state index in [4.69, 9.17) is 9.47 Å². The van der Waals surface area contributed by atoms with E-state index in [1.807, 2.05) is 55.5 Å². The van der Waals surface area contributed by atoms with E-state index < -0.39 is 6.09 Å². The van der Waals surface area contributed by atoms with Crippen LogP contribution in [0.3, 0.4) is 0 Å². The minimum absolute atomic E-state index is 0.213. The Morgan fingerprint density at radius 2 is 1.89 bits per heavy atom. The van der Waals surface area contributed by atoms with E-state index in [9.17, 15) is 9.90 Å². The summed E-state index contributed by atoms with van der Waals surface area (Å²) in [5.41, 5.74) is 1.62. The molecule has 2 unspecified atom stereocenters. The summed E-state index contributed by atoms with van der Waals surface area (Å²) in [7, 11) is 0. The molecule has 144 valence electrons. The van der Waals surface area contributed by atoms with Gasteiger partial charge in [0.1, 0.15) is 24.2 Å². The Labute approximate surface area is 160 Å². The Kier molecular flexibility index (Phi) is 5.31. The summed E-state index contributed by atoms with van der Waals surface area (Å²) >= 11 is 0. The van der Waals surface area contributed by atoms with Gasteiger partial charge in [-0.1, -0.05) is 57.2 Å². The van der Waals surface area contributed by atoms with Crippen molar-refractivity contribution in [2.45, 2.75) is 53.0 Å². The second kappa shape index (κ2) is 7.51. The smallest absolute Gasteiger partial charge is 0.407 e. The number of carbonyl (C=O) groups is 1. The quantitative estimate of drug-likeness (QED) is 0.832. The molecule has 0 bridgehead atoms. The average Bonchev–Trinajstić information content (AvgIpc) is 2.78. The molecular weight excluding hydrogens is 342 g/mol. The topological polar surface area (TPSA) is 59.0 Å². The molecule has 1 amide bonds. The van der Waals surface area contributed by atoms with Crippen LogP contribution in [-0.4, -0.2) is 28.2 Å². The van der Waals surface area contributed by atoms with Gasteiger partial charge in [0.05, 0.1) is 18.2 Å². The van der Waals surface area contributed by atoms with Crippen molar-refractivity contribution in [2.24, 2.45) is 5.41 Å². The van der Waals surface area contributed by atoms with Gasteiger partial charge in [0.25, 0.3) is 0 Å². The van der Waals surface area contributed by atoms with E-state index in [2.05, 4.69) is 20.8 Å². The molecule has 0 saturated carbocycles. The van der Waals surface area contributed by atoms with Crippen LogP contribution in [0.25, 0.3) is 0 Å². The van der Waals surface area contributed by atoms with Crippen molar-refractivity contribution in [2.75, 3.05) is 0 Å². The van der Waals surface area contributed by atoms with Crippen molar-refractivity contribution in [3.63, 3.8) is 0 Å². The van der Waals surface area contributed by atoms with E-state index in [-0.39, 0.29) is 24.1 Å². The number of amides is 1. The SMILES string of the molecule is CC1C(C(C)(C)C)Oc2cccc(OCc3ccccc3)c2CN1C(=O)O. The Bertz CT molecular complexity index is 798. The van der Waals surface area contributed by atoms with Crippen LogP contribution in [0, 0.1) is 5.41 Å². The lowest BCUT2D eigenvalue weighted by atomic mass is 9.84. The lowest BCUT2D eigenvalue weighted by Gasteiger charge is -2.37. The first-order valence-corrected chi connectivity index (χ1v) is 9.22. The van der Waals surface area contributed by atoms with Crippen molar-refractivity contribution in [1.29, 1.82) is 0 Å². The molecule has 1 heterocycles. The van der Waals surface area contributed by atoms with Crippen LogP contribution in [0.2, 0.25) is 0 Å². The summed E-state index contributed by atoms with van der Waals surface area (Å²) in [4.78, 5) is 13.4. The molecule has 0 fully saturated rings. The number of hydrogen-bond donors (Lipinski definition) is 1. The summed E-state index contributed by atoms with van der Waals surface area (Å²) in [6.45, 7) is 8.76. The third-order valence-electron chi connectivity index (χ3n) is 4.94.